The SMILES string of the molecule is C=CCn1c(SC)nc(-c2ccccc2)cc1=O. The van der Waals surface area contributed by atoms with Gasteiger partial charge in [-0.2, -0.15) is 0 Å². The fourth-order valence-electron chi connectivity index (χ4n) is 1.69. The largest absolute Gasteiger partial charge is 0.284 e. The van der Waals surface area contributed by atoms with Gasteiger partial charge in [0.1, 0.15) is 0 Å². The zero-order chi connectivity index (χ0) is 13.0. The van der Waals surface area contributed by atoms with Gasteiger partial charge < -0.3 is 0 Å². The number of nitrogens with zero attached hydrogens (tertiary/aromatic N) is 2. The van der Waals surface area contributed by atoms with Crippen molar-refractivity contribution in [2.45, 2.75) is 11.7 Å². The minimum Gasteiger partial charge on any atom is -0.284 e. The van der Waals surface area contributed by atoms with Crippen molar-refractivity contribution in [2.24, 2.45) is 0 Å². The average Bonchev–Trinajstić information content (AvgIpc) is 2.42. The van der Waals surface area contributed by atoms with E-state index in [1.165, 1.54) is 11.8 Å². The summed E-state index contributed by atoms with van der Waals surface area (Å²) in [6, 6.07) is 11.3. The van der Waals surface area contributed by atoms with Crippen molar-refractivity contribution in [2.75, 3.05) is 6.26 Å². The molecule has 2 rings (SSSR count). The van der Waals surface area contributed by atoms with Crippen LogP contribution in [0.4, 0.5) is 0 Å². The predicted octanol–water partition coefficient (Wildman–Crippen LogP) is 2.82. The molecule has 1 aromatic carbocycles. The van der Waals surface area contributed by atoms with Crippen LogP contribution in [0.1, 0.15) is 0 Å². The summed E-state index contributed by atoms with van der Waals surface area (Å²) >= 11 is 1.46. The first-order valence-corrected chi connectivity index (χ1v) is 6.81. The number of thioether (sulfide) groups is 1. The molecule has 4 heteroatoms. The normalized spacial score (nSPS) is 10.3. The number of hydrogen-bond acceptors (Lipinski definition) is 3. The van der Waals surface area contributed by atoms with Gasteiger partial charge in [-0.1, -0.05) is 48.2 Å². The fraction of sp³-hybridized carbons (Fsp3) is 0.143. The maximum absolute atomic E-state index is 12.0. The lowest BCUT2D eigenvalue weighted by Crippen LogP contribution is -2.21. The molecule has 18 heavy (non-hydrogen) atoms. The predicted molar refractivity (Wildman–Crippen MR) is 75.9 cm³/mol. The summed E-state index contributed by atoms with van der Waals surface area (Å²) in [7, 11) is 0. The lowest BCUT2D eigenvalue weighted by molar-refractivity contribution is 0.660. The van der Waals surface area contributed by atoms with E-state index >= 15 is 0 Å². The topological polar surface area (TPSA) is 34.9 Å². The van der Waals surface area contributed by atoms with Crippen molar-refractivity contribution in [3.8, 4) is 11.3 Å². The molecule has 0 N–H and O–H groups in total. The van der Waals surface area contributed by atoms with Crippen LogP contribution in [0, 0.1) is 0 Å². The van der Waals surface area contributed by atoms with Gasteiger partial charge in [-0.25, -0.2) is 4.98 Å². The van der Waals surface area contributed by atoms with E-state index in [2.05, 4.69) is 11.6 Å². The van der Waals surface area contributed by atoms with Crippen LogP contribution in [0.3, 0.4) is 0 Å². The molecule has 0 atom stereocenters. The van der Waals surface area contributed by atoms with E-state index in [-0.39, 0.29) is 5.56 Å². The molecular weight excluding hydrogens is 244 g/mol. The van der Waals surface area contributed by atoms with Gasteiger partial charge in [-0.15, -0.1) is 6.58 Å². The van der Waals surface area contributed by atoms with Crippen LogP contribution >= 0.6 is 11.8 Å². The molecule has 0 amide bonds. The highest BCUT2D eigenvalue weighted by molar-refractivity contribution is 7.98. The standard InChI is InChI=1S/C14H14N2OS/c1-3-9-16-13(17)10-12(15-14(16)18-2)11-7-5-4-6-8-11/h3-8,10H,1,9H2,2H3. The molecule has 0 aliphatic heterocycles. The highest BCUT2D eigenvalue weighted by Crippen LogP contribution is 2.18. The van der Waals surface area contributed by atoms with E-state index in [4.69, 9.17) is 0 Å². The van der Waals surface area contributed by atoms with E-state index in [1.807, 2.05) is 36.6 Å². The molecule has 0 aliphatic carbocycles. The van der Waals surface area contributed by atoms with Crippen LogP contribution in [0.15, 0.2) is 59.0 Å². The third-order valence-corrected chi connectivity index (χ3v) is 3.21. The molecule has 1 aromatic heterocycles. The Labute approximate surface area is 110 Å². The molecule has 0 bridgehead atoms. The van der Waals surface area contributed by atoms with Crippen LogP contribution in [0.2, 0.25) is 0 Å². The quantitative estimate of drug-likeness (QED) is 0.480. The number of hydrogen-bond donors (Lipinski definition) is 0. The smallest absolute Gasteiger partial charge is 0.255 e. The highest BCUT2D eigenvalue weighted by Gasteiger charge is 2.08. The van der Waals surface area contributed by atoms with Gasteiger partial charge in [-0.05, 0) is 6.26 Å². The third kappa shape index (κ3) is 2.54. The summed E-state index contributed by atoms with van der Waals surface area (Å²) in [5.41, 5.74) is 1.62. The summed E-state index contributed by atoms with van der Waals surface area (Å²) in [6.07, 6.45) is 3.61. The third-order valence-electron chi connectivity index (χ3n) is 2.54. The van der Waals surface area contributed by atoms with Crippen LogP contribution < -0.4 is 5.56 Å². The average molecular weight is 258 g/mol. The Kier molecular flexibility index (Phi) is 3.99. The Bertz CT molecular complexity index is 605. The first-order chi connectivity index (χ1) is 8.76. The molecule has 0 aliphatic rings. The van der Waals surface area contributed by atoms with Gasteiger partial charge in [0.25, 0.3) is 5.56 Å². The Morgan fingerprint density at radius 1 is 1.39 bits per heavy atom. The van der Waals surface area contributed by atoms with E-state index < -0.39 is 0 Å². The second-order valence-corrected chi connectivity index (χ2v) is 4.51. The van der Waals surface area contributed by atoms with E-state index in [0.717, 1.165) is 5.56 Å². The molecule has 0 unspecified atom stereocenters. The van der Waals surface area contributed by atoms with Crippen LogP contribution in [0.5, 0.6) is 0 Å². The van der Waals surface area contributed by atoms with Gasteiger partial charge in [0, 0.05) is 18.2 Å². The minimum atomic E-state index is -0.0481. The molecular formula is C14H14N2OS. The number of rotatable bonds is 4. The Hall–Kier alpha value is -1.81. The first kappa shape index (κ1) is 12.6. The number of allylic oxidation sites excluding steroid dienone is 1. The summed E-state index contributed by atoms with van der Waals surface area (Å²) in [4.78, 5) is 16.6. The van der Waals surface area contributed by atoms with Crippen LogP contribution in [0.25, 0.3) is 11.3 Å². The van der Waals surface area contributed by atoms with Gasteiger partial charge in [0.15, 0.2) is 5.16 Å². The zero-order valence-corrected chi connectivity index (χ0v) is 11.0. The van der Waals surface area contributed by atoms with Crippen molar-refractivity contribution in [1.82, 2.24) is 9.55 Å². The summed E-state index contributed by atoms with van der Waals surface area (Å²) in [6.45, 7) is 4.14. The van der Waals surface area contributed by atoms with Gasteiger partial charge in [-0.3, -0.25) is 9.36 Å². The van der Waals surface area contributed by atoms with Crippen molar-refractivity contribution in [3.63, 3.8) is 0 Å². The minimum absolute atomic E-state index is 0.0481. The summed E-state index contributed by atoms with van der Waals surface area (Å²) in [5.74, 6) is 0. The van der Waals surface area contributed by atoms with Crippen molar-refractivity contribution < 1.29 is 0 Å². The van der Waals surface area contributed by atoms with Gasteiger partial charge in [0.05, 0.1) is 5.69 Å². The molecule has 0 saturated heterocycles. The van der Waals surface area contributed by atoms with Gasteiger partial charge >= 0.3 is 0 Å². The fourth-order valence-corrected chi connectivity index (χ4v) is 2.27. The lowest BCUT2D eigenvalue weighted by Gasteiger charge is -2.09. The van der Waals surface area contributed by atoms with Crippen LogP contribution in [-0.2, 0) is 6.54 Å². The number of aromatic nitrogens is 2. The van der Waals surface area contributed by atoms with Crippen LogP contribution in [-0.4, -0.2) is 15.8 Å². The molecule has 2 aromatic rings. The zero-order valence-electron chi connectivity index (χ0n) is 10.2. The molecule has 92 valence electrons. The summed E-state index contributed by atoms with van der Waals surface area (Å²) < 4.78 is 1.62. The summed E-state index contributed by atoms with van der Waals surface area (Å²) in [5, 5.41) is 0.709. The maximum atomic E-state index is 12.0. The maximum Gasteiger partial charge on any atom is 0.255 e. The second kappa shape index (κ2) is 5.69. The monoisotopic (exact) mass is 258 g/mol. The van der Waals surface area contributed by atoms with E-state index in [9.17, 15) is 4.79 Å². The van der Waals surface area contributed by atoms with Crippen molar-refractivity contribution in [1.29, 1.82) is 0 Å². The van der Waals surface area contributed by atoms with E-state index in [0.29, 0.717) is 17.4 Å². The molecule has 1 heterocycles. The lowest BCUT2D eigenvalue weighted by atomic mass is 10.1. The van der Waals surface area contributed by atoms with Crippen molar-refractivity contribution in [3.05, 3.63) is 59.4 Å². The van der Waals surface area contributed by atoms with E-state index in [1.54, 1.807) is 16.7 Å². The van der Waals surface area contributed by atoms with Gasteiger partial charge in [0.2, 0.25) is 0 Å². The molecule has 0 spiro atoms. The molecule has 0 radical (unpaired) electrons. The van der Waals surface area contributed by atoms with Crippen molar-refractivity contribution >= 4 is 11.8 Å². The molecule has 0 saturated carbocycles. The Balaban J connectivity index is 2.56. The highest BCUT2D eigenvalue weighted by atomic mass is 32.2. The first-order valence-electron chi connectivity index (χ1n) is 5.58. The molecule has 3 nitrogen and oxygen atoms in total. The Morgan fingerprint density at radius 3 is 2.72 bits per heavy atom. The molecule has 0 fully saturated rings. The second-order valence-electron chi connectivity index (χ2n) is 3.73. The number of benzene rings is 1. The Morgan fingerprint density at radius 2 is 2.11 bits per heavy atom.